The number of hydrogen-bond donors (Lipinski definition) is 1. The molecule has 0 amide bonds. The molecule has 0 saturated heterocycles. The summed E-state index contributed by atoms with van der Waals surface area (Å²) in [5.41, 5.74) is 3.18. The number of carboxylic acid groups (broad SMARTS) is 1. The third-order valence-corrected chi connectivity index (χ3v) is 3.13. The molecular formula is C16H16O2. The Morgan fingerprint density at radius 3 is 2.33 bits per heavy atom. The van der Waals surface area contributed by atoms with Gasteiger partial charge in [0, 0.05) is 0 Å². The summed E-state index contributed by atoms with van der Waals surface area (Å²) in [5.74, 6) is -1.25. The van der Waals surface area contributed by atoms with Gasteiger partial charge in [0.05, 0.1) is 5.92 Å². The van der Waals surface area contributed by atoms with E-state index in [2.05, 4.69) is 12.1 Å². The number of carbonyl (C=O) groups is 1. The molecule has 0 aliphatic rings. The predicted octanol–water partition coefficient (Wildman–Crippen LogP) is 3.47. The molecule has 0 aromatic heterocycles. The zero-order valence-corrected chi connectivity index (χ0v) is 10.3. The summed E-state index contributed by atoms with van der Waals surface area (Å²) in [6.07, 6.45) is 0.772. The van der Waals surface area contributed by atoms with E-state index in [-0.39, 0.29) is 0 Å². The molecule has 1 unspecified atom stereocenters. The molecule has 1 atom stereocenters. The van der Waals surface area contributed by atoms with Crippen molar-refractivity contribution in [1.29, 1.82) is 0 Å². The highest BCUT2D eigenvalue weighted by atomic mass is 16.4. The van der Waals surface area contributed by atoms with Crippen LogP contribution in [0.25, 0.3) is 0 Å². The largest absolute Gasteiger partial charge is 0.481 e. The molecule has 0 fully saturated rings. The maximum absolute atomic E-state index is 11.1. The van der Waals surface area contributed by atoms with E-state index in [9.17, 15) is 4.79 Å². The summed E-state index contributed by atoms with van der Waals surface area (Å²) in [6, 6.07) is 17.8. The first-order chi connectivity index (χ1) is 8.68. The van der Waals surface area contributed by atoms with E-state index in [4.69, 9.17) is 5.11 Å². The Labute approximate surface area is 107 Å². The van der Waals surface area contributed by atoms with Gasteiger partial charge in [-0.1, -0.05) is 54.6 Å². The number of hydrogen-bond acceptors (Lipinski definition) is 1. The van der Waals surface area contributed by atoms with E-state index >= 15 is 0 Å². The van der Waals surface area contributed by atoms with Crippen LogP contribution < -0.4 is 0 Å². The molecule has 2 heteroatoms. The van der Waals surface area contributed by atoms with Gasteiger partial charge in [0.15, 0.2) is 0 Å². The molecule has 0 bridgehead atoms. The fourth-order valence-corrected chi connectivity index (χ4v) is 2.07. The number of rotatable bonds is 4. The first-order valence-electron chi connectivity index (χ1n) is 6.03. The van der Waals surface area contributed by atoms with Gasteiger partial charge in [-0.25, -0.2) is 0 Å². The summed E-state index contributed by atoms with van der Waals surface area (Å²) in [4.78, 5) is 11.1. The van der Waals surface area contributed by atoms with Gasteiger partial charge < -0.3 is 5.11 Å². The van der Waals surface area contributed by atoms with E-state index in [0.29, 0.717) is 0 Å². The molecule has 92 valence electrons. The Morgan fingerprint density at radius 1 is 1.06 bits per heavy atom. The molecule has 0 saturated carbocycles. The lowest BCUT2D eigenvalue weighted by atomic mass is 9.92. The monoisotopic (exact) mass is 240 g/mol. The molecule has 18 heavy (non-hydrogen) atoms. The van der Waals surface area contributed by atoms with E-state index in [1.165, 1.54) is 5.56 Å². The van der Waals surface area contributed by atoms with E-state index < -0.39 is 11.9 Å². The molecule has 0 spiro atoms. The lowest BCUT2D eigenvalue weighted by molar-refractivity contribution is -0.138. The van der Waals surface area contributed by atoms with Gasteiger partial charge in [-0.05, 0) is 30.0 Å². The van der Waals surface area contributed by atoms with E-state index in [0.717, 1.165) is 17.5 Å². The third kappa shape index (κ3) is 2.77. The minimum Gasteiger partial charge on any atom is -0.481 e. The molecule has 0 aliphatic carbocycles. The Balaban J connectivity index is 2.31. The Kier molecular flexibility index (Phi) is 3.78. The number of benzene rings is 2. The quantitative estimate of drug-likeness (QED) is 0.888. The second kappa shape index (κ2) is 5.50. The van der Waals surface area contributed by atoms with Crippen LogP contribution in [0.15, 0.2) is 54.6 Å². The van der Waals surface area contributed by atoms with Crippen LogP contribution in [0.3, 0.4) is 0 Å². The average molecular weight is 240 g/mol. The maximum atomic E-state index is 11.1. The van der Waals surface area contributed by atoms with Crippen molar-refractivity contribution in [3.63, 3.8) is 0 Å². The minimum absolute atomic E-state index is 0.468. The van der Waals surface area contributed by atoms with Gasteiger partial charge in [-0.15, -0.1) is 0 Å². The van der Waals surface area contributed by atoms with Crippen molar-refractivity contribution in [3.8, 4) is 0 Å². The van der Waals surface area contributed by atoms with Gasteiger partial charge in [-0.2, -0.15) is 0 Å². The normalized spacial score (nSPS) is 12.1. The molecule has 0 radical (unpaired) electrons. The van der Waals surface area contributed by atoms with Gasteiger partial charge in [0.1, 0.15) is 0 Å². The summed E-state index contributed by atoms with van der Waals surface area (Å²) < 4.78 is 0. The highest BCUT2D eigenvalue weighted by Gasteiger charge is 2.16. The highest BCUT2D eigenvalue weighted by Crippen LogP contribution is 2.22. The van der Waals surface area contributed by atoms with E-state index in [1.807, 2.05) is 42.5 Å². The molecule has 1 N–H and O–H groups in total. The average Bonchev–Trinajstić information content (AvgIpc) is 2.39. The summed E-state index contributed by atoms with van der Waals surface area (Å²) in [5, 5.41) is 9.13. The Hall–Kier alpha value is -2.09. The van der Waals surface area contributed by atoms with Gasteiger partial charge in [-0.3, -0.25) is 4.79 Å². The van der Waals surface area contributed by atoms with Crippen LogP contribution in [0.2, 0.25) is 0 Å². The molecule has 2 aromatic rings. The first kappa shape index (κ1) is 12.4. The highest BCUT2D eigenvalue weighted by molar-refractivity contribution is 5.76. The van der Waals surface area contributed by atoms with Gasteiger partial charge in [0.2, 0.25) is 0 Å². The van der Waals surface area contributed by atoms with Gasteiger partial charge in [0.25, 0.3) is 0 Å². The van der Waals surface area contributed by atoms with Crippen molar-refractivity contribution in [2.24, 2.45) is 0 Å². The van der Waals surface area contributed by atoms with Crippen LogP contribution in [-0.2, 0) is 11.2 Å². The summed E-state index contributed by atoms with van der Waals surface area (Å²) >= 11 is 0. The third-order valence-electron chi connectivity index (χ3n) is 3.13. The molecule has 0 heterocycles. The topological polar surface area (TPSA) is 37.3 Å². The van der Waals surface area contributed by atoms with Crippen LogP contribution in [-0.4, -0.2) is 11.1 Å². The van der Waals surface area contributed by atoms with Crippen molar-refractivity contribution in [2.45, 2.75) is 19.3 Å². The van der Waals surface area contributed by atoms with E-state index in [1.54, 1.807) is 6.92 Å². The van der Waals surface area contributed by atoms with Crippen LogP contribution >= 0.6 is 0 Å². The molecule has 2 rings (SSSR count). The minimum atomic E-state index is -0.782. The van der Waals surface area contributed by atoms with Crippen molar-refractivity contribution < 1.29 is 9.90 Å². The van der Waals surface area contributed by atoms with Crippen LogP contribution in [0, 0.1) is 0 Å². The second-order valence-corrected chi connectivity index (χ2v) is 4.42. The Morgan fingerprint density at radius 2 is 1.67 bits per heavy atom. The first-order valence-corrected chi connectivity index (χ1v) is 6.03. The molecular weight excluding hydrogens is 224 g/mol. The zero-order valence-electron chi connectivity index (χ0n) is 10.3. The smallest absolute Gasteiger partial charge is 0.310 e. The lowest BCUT2D eigenvalue weighted by Crippen LogP contribution is -2.10. The van der Waals surface area contributed by atoms with Crippen LogP contribution in [0.4, 0.5) is 0 Å². The second-order valence-electron chi connectivity index (χ2n) is 4.42. The number of carboxylic acids is 1. The van der Waals surface area contributed by atoms with Gasteiger partial charge >= 0.3 is 5.97 Å². The summed E-state index contributed by atoms with van der Waals surface area (Å²) in [6.45, 7) is 1.73. The number of aliphatic carboxylic acids is 1. The molecule has 2 nitrogen and oxygen atoms in total. The summed E-state index contributed by atoms with van der Waals surface area (Å²) in [7, 11) is 0. The lowest BCUT2D eigenvalue weighted by Gasteiger charge is -2.13. The van der Waals surface area contributed by atoms with Crippen LogP contribution in [0.1, 0.15) is 29.5 Å². The SMILES string of the molecule is CC(C(=O)O)c1ccccc1Cc1ccccc1. The van der Waals surface area contributed by atoms with Crippen molar-refractivity contribution >= 4 is 5.97 Å². The standard InChI is InChI=1S/C16H16O2/c1-12(16(17)18)15-10-6-5-9-14(15)11-13-7-3-2-4-8-13/h2-10,12H,11H2,1H3,(H,17,18). The van der Waals surface area contributed by atoms with Crippen molar-refractivity contribution in [1.82, 2.24) is 0 Å². The molecule has 2 aromatic carbocycles. The fourth-order valence-electron chi connectivity index (χ4n) is 2.07. The molecule has 0 aliphatic heterocycles. The fraction of sp³-hybridized carbons (Fsp3) is 0.188. The predicted molar refractivity (Wildman–Crippen MR) is 71.7 cm³/mol. The van der Waals surface area contributed by atoms with Crippen LogP contribution in [0.5, 0.6) is 0 Å². The Bertz CT molecular complexity index is 532. The van der Waals surface area contributed by atoms with Crippen molar-refractivity contribution in [2.75, 3.05) is 0 Å². The van der Waals surface area contributed by atoms with Crippen molar-refractivity contribution in [3.05, 3.63) is 71.3 Å². The zero-order chi connectivity index (χ0) is 13.0. The maximum Gasteiger partial charge on any atom is 0.310 e.